The summed E-state index contributed by atoms with van der Waals surface area (Å²) in [6.45, 7) is 1.98. The van der Waals surface area contributed by atoms with Crippen LogP contribution in [0, 0.1) is 11.6 Å². The third kappa shape index (κ3) is 4.05. The van der Waals surface area contributed by atoms with Gasteiger partial charge in [0.2, 0.25) is 0 Å². The van der Waals surface area contributed by atoms with E-state index in [1.54, 1.807) is 31.2 Å². The van der Waals surface area contributed by atoms with Crippen LogP contribution in [0.1, 0.15) is 17.3 Å². The second kappa shape index (κ2) is 8.93. The van der Waals surface area contributed by atoms with Crippen molar-refractivity contribution in [3.63, 3.8) is 0 Å². The van der Waals surface area contributed by atoms with Gasteiger partial charge < -0.3 is 5.32 Å². The number of hydrogen-bond donors (Lipinski definition) is 1. The third-order valence-corrected chi connectivity index (χ3v) is 4.97. The summed E-state index contributed by atoms with van der Waals surface area (Å²) in [6.07, 6.45) is 0. The fraction of sp³-hybridized carbons (Fsp3) is 0.0800. The van der Waals surface area contributed by atoms with Crippen LogP contribution in [0.4, 0.5) is 14.5 Å². The summed E-state index contributed by atoms with van der Waals surface area (Å²) in [6, 6.07) is 20.9. The molecule has 32 heavy (non-hydrogen) atoms. The van der Waals surface area contributed by atoms with Crippen molar-refractivity contribution in [2.75, 3.05) is 5.32 Å². The molecule has 0 spiro atoms. The highest BCUT2D eigenvalue weighted by Gasteiger charge is 2.25. The van der Waals surface area contributed by atoms with E-state index in [0.717, 1.165) is 17.7 Å². The molecule has 0 aliphatic heterocycles. The fourth-order valence-corrected chi connectivity index (χ4v) is 3.46. The standard InChI is InChI=1S/C25H19F2N3O2/c1-2-30-25(32)22(24(31)28-20-14-13-18(26)15-19(20)27)21(16-9-5-3-6-10-16)23(29-30)17-11-7-4-8-12-17/h3-15H,2H2,1H3,(H,28,31). The minimum atomic E-state index is -0.937. The fourth-order valence-electron chi connectivity index (χ4n) is 3.46. The predicted molar refractivity (Wildman–Crippen MR) is 119 cm³/mol. The Morgan fingerprint density at radius 1 is 0.938 bits per heavy atom. The van der Waals surface area contributed by atoms with Crippen molar-refractivity contribution < 1.29 is 13.6 Å². The topological polar surface area (TPSA) is 64.0 Å². The molecule has 3 aromatic carbocycles. The molecule has 160 valence electrons. The second-order valence-electron chi connectivity index (χ2n) is 7.03. The van der Waals surface area contributed by atoms with Crippen LogP contribution in [0.2, 0.25) is 0 Å². The van der Waals surface area contributed by atoms with Crippen LogP contribution in [0.5, 0.6) is 0 Å². The highest BCUT2D eigenvalue weighted by molar-refractivity contribution is 6.10. The van der Waals surface area contributed by atoms with Gasteiger partial charge in [0.1, 0.15) is 17.2 Å². The number of halogens is 2. The average Bonchev–Trinajstić information content (AvgIpc) is 2.81. The molecular formula is C25H19F2N3O2. The number of hydrogen-bond acceptors (Lipinski definition) is 3. The van der Waals surface area contributed by atoms with Crippen LogP contribution in [0.3, 0.4) is 0 Å². The third-order valence-electron chi connectivity index (χ3n) is 4.97. The molecule has 5 nitrogen and oxygen atoms in total. The molecule has 0 saturated heterocycles. The van der Waals surface area contributed by atoms with E-state index in [1.165, 1.54) is 4.68 Å². The van der Waals surface area contributed by atoms with Crippen molar-refractivity contribution in [1.29, 1.82) is 0 Å². The largest absolute Gasteiger partial charge is 0.319 e. The molecule has 1 amide bonds. The van der Waals surface area contributed by atoms with Gasteiger partial charge in [-0.05, 0) is 24.6 Å². The van der Waals surface area contributed by atoms with Crippen LogP contribution in [-0.4, -0.2) is 15.7 Å². The van der Waals surface area contributed by atoms with Gasteiger partial charge in [-0.2, -0.15) is 5.10 Å². The first-order chi connectivity index (χ1) is 15.5. The SMILES string of the molecule is CCn1nc(-c2ccccc2)c(-c2ccccc2)c(C(=O)Nc2ccc(F)cc2F)c1=O. The monoisotopic (exact) mass is 431 g/mol. The number of anilines is 1. The van der Waals surface area contributed by atoms with E-state index < -0.39 is 23.1 Å². The average molecular weight is 431 g/mol. The zero-order valence-corrected chi connectivity index (χ0v) is 17.2. The van der Waals surface area contributed by atoms with E-state index in [1.807, 2.05) is 36.4 Å². The van der Waals surface area contributed by atoms with Crippen LogP contribution in [-0.2, 0) is 6.54 Å². The zero-order chi connectivity index (χ0) is 22.7. The maximum absolute atomic E-state index is 14.2. The van der Waals surface area contributed by atoms with Crippen LogP contribution in [0.15, 0.2) is 83.7 Å². The Bertz CT molecular complexity index is 1340. The van der Waals surface area contributed by atoms with E-state index >= 15 is 0 Å². The summed E-state index contributed by atoms with van der Waals surface area (Å²) >= 11 is 0. The molecule has 1 aromatic heterocycles. The summed E-state index contributed by atoms with van der Waals surface area (Å²) in [7, 11) is 0. The number of nitrogens with one attached hydrogen (secondary N) is 1. The number of amides is 1. The van der Waals surface area contributed by atoms with E-state index in [0.29, 0.717) is 22.9 Å². The van der Waals surface area contributed by atoms with E-state index in [9.17, 15) is 18.4 Å². The Morgan fingerprint density at radius 3 is 2.16 bits per heavy atom. The molecule has 4 aromatic rings. The van der Waals surface area contributed by atoms with Crippen molar-refractivity contribution in [3.05, 3.63) is 106 Å². The maximum Gasteiger partial charge on any atom is 0.280 e. The number of benzene rings is 3. The van der Waals surface area contributed by atoms with Gasteiger partial charge in [0.25, 0.3) is 11.5 Å². The minimum absolute atomic E-state index is 0.171. The van der Waals surface area contributed by atoms with Crippen molar-refractivity contribution in [2.24, 2.45) is 0 Å². The number of aryl methyl sites for hydroxylation is 1. The normalized spacial score (nSPS) is 10.7. The minimum Gasteiger partial charge on any atom is -0.319 e. The van der Waals surface area contributed by atoms with Gasteiger partial charge >= 0.3 is 0 Å². The Kier molecular flexibility index (Phi) is 5.89. The summed E-state index contributed by atoms with van der Waals surface area (Å²) in [5, 5.41) is 6.93. The summed E-state index contributed by atoms with van der Waals surface area (Å²) < 4.78 is 28.7. The molecule has 7 heteroatoms. The highest BCUT2D eigenvalue weighted by atomic mass is 19.1. The van der Waals surface area contributed by atoms with E-state index in [-0.39, 0.29) is 17.8 Å². The Balaban J connectivity index is 1.98. The number of aromatic nitrogens is 2. The predicted octanol–water partition coefficient (Wildman–Crippen LogP) is 5.13. The van der Waals surface area contributed by atoms with Crippen molar-refractivity contribution in [1.82, 2.24) is 9.78 Å². The second-order valence-corrected chi connectivity index (χ2v) is 7.03. The lowest BCUT2D eigenvalue weighted by Crippen LogP contribution is -2.32. The van der Waals surface area contributed by atoms with E-state index in [2.05, 4.69) is 10.4 Å². The quantitative estimate of drug-likeness (QED) is 0.477. The molecule has 0 aliphatic carbocycles. The van der Waals surface area contributed by atoms with E-state index in [4.69, 9.17) is 0 Å². The Hall–Kier alpha value is -4.13. The van der Waals surface area contributed by atoms with Crippen LogP contribution in [0.25, 0.3) is 22.4 Å². The maximum atomic E-state index is 14.2. The molecule has 0 fully saturated rings. The molecule has 0 unspecified atom stereocenters. The lowest BCUT2D eigenvalue weighted by atomic mass is 9.95. The van der Waals surface area contributed by atoms with Gasteiger partial charge in [-0.25, -0.2) is 13.5 Å². The molecule has 4 rings (SSSR count). The van der Waals surface area contributed by atoms with Gasteiger partial charge in [0.15, 0.2) is 0 Å². The first-order valence-corrected chi connectivity index (χ1v) is 10.0. The highest BCUT2D eigenvalue weighted by Crippen LogP contribution is 2.32. The summed E-state index contributed by atoms with van der Waals surface area (Å²) in [4.78, 5) is 26.5. The molecule has 0 radical (unpaired) electrons. The summed E-state index contributed by atoms with van der Waals surface area (Å²) in [5.41, 5.74) is 1.12. The number of carbonyl (C=O) groups excluding carboxylic acids is 1. The Morgan fingerprint density at radius 2 is 1.56 bits per heavy atom. The van der Waals surface area contributed by atoms with Gasteiger partial charge in [0.05, 0.1) is 11.4 Å². The molecule has 0 saturated carbocycles. The van der Waals surface area contributed by atoms with Gasteiger partial charge in [-0.1, -0.05) is 60.7 Å². The van der Waals surface area contributed by atoms with Crippen molar-refractivity contribution >= 4 is 11.6 Å². The Labute approximate surface area is 183 Å². The molecular weight excluding hydrogens is 412 g/mol. The zero-order valence-electron chi connectivity index (χ0n) is 17.2. The lowest BCUT2D eigenvalue weighted by molar-refractivity contribution is 0.102. The molecule has 0 bridgehead atoms. The lowest BCUT2D eigenvalue weighted by Gasteiger charge is -2.17. The van der Waals surface area contributed by atoms with Crippen molar-refractivity contribution in [2.45, 2.75) is 13.5 Å². The van der Waals surface area contributed by atoms with Gasteiger partial charge in [-0.3, -0.25) is 9.59 Å². The van der Waals surface area contributed by atoms with Gasteiger partial charge in [-0.15, -0.1) is 0 Å². The van der Waals surface area contributed by atoms with Crippen LogP contribution >= 0.6 is 0 Å². The number of nitrogens with zero attached hydrogens (tertiary/aromatic N) is 2. The molecule has 0 atom stereocenters. The summed E-state index contributed by atoms with van der Waals surface area (Å²) in [5.74, 6) is -2.51. The smallest absolute Gasteiger partial charge is 0.280 e. The molecule has 1 N–H and O–H groups in total. The van der Waals surface area contributed by atoms with Gasteiger partial charge in [0, 0.05) is 23.7 Å². The first kappa shape index (κ1) is 21.1. The number of carbonyl (C=O) groups is 1. The van der Waals surface area contributed by atoms with Crippen molar-refractivity contribution in [3.8, 4) is 22.4 Å². The number of rotatable bonds is 5. The van der Waals surface area contributed by atoms with Crippen LogP contribution < -0.4 is 10.9 Å². The first-order valence-electron chi connectivity index (χ1n) is 10.0. The molecule has 1 heterocycles. The molecule has 0 aliphatic rings.